The van der Waals surface area contributed by atoms with Gasteiger partial charge in [-0.15, -0.1) is 0 Å². The number of ether oxygens (including phenoxy) is 1. The van der Waals surface area contributed by atoms with Crippen LogP contribution in [0.4, 0.5) is 0 Å². The first-order valence-corrected chi connectivity index (χ1v) is 18.0. The third kappa shape index (κ3) is 10.9. The van der Waals surface area contributed by atoms with Gasteiger partial charge in [0.15, 0.2) is 0 Å². The highest BCUT2D eigenvalue weighted by Gasteiger charge is 2.24. The molecule has 2 unspecified atom stereocenters. The number of thioether (sulfide) groups is 1. The summed E-state index contributed by atoms with van der Waals surface area (Å²) in [6.45, 7) is 6.22. The predicted molar refractivity (Wildman–Crippen MR) is 181 cm³/mol. The number of amides is 1. The molecule has 0 spiro atoms. The van der Waals surface area contributed by atoms with Crippen molar-refractivity contribution in [3.63, 3.8) is 0 Å². The van der Waals surface area contributed by atoms with Crippen molar-refractivity contribution < 1.29 is 32.3 Å². The first-order chi connectivity index (χ1) is 21.4. The zero-order chi connectivity index (χ0) is 33.0. The lowest BCUT2D eigenvalue weighted by Gasteiger charge is -2.18. The van der Waals surface area contributed by atoms with E-state index >= 15 is 0 Å². The van der Waals surface area contributed by atoms with E-state index in [1.54, 1.807) is 12.1 Å². The van der Waals surface area contributed by atoms with Crippen molar-refractivity contribution >= 4 is 33.5 Å². The van der Waals surface area contributed by atoms with E-state index in [4.69, 9.17) is 9.15 Å². The molecular formula is C35H41NO7S2. The van der Waals surface area contributed by atoms with Gasteiger partial charge in [0, 0.05) is 17.4 Å². The molecule has 0 saturated heterocycles. The van der Waals surface area contributed by atoms with Crippen LogP contribution in [-0.4, -0.2) is 55.5 Å². The van der Waals surface area contributed by atoms with Gasteiger partial charge < -0.3 is 19.6 Å². The highest BCUT2D eigenvalue weighted by atomic mass is 32.2. The number of benzene rings is 3. The van der Waals surface area contributed by atoms with Crippen LogP contribution in [0.1, 0.15) is 53.6 Å². The number of furan rings is 1. The maximum atomic E-state index is 13.3. The molecular weight excluding hydrogens is 611 g/mol. The minimum Gasteiger partial charge on any atom is -0.480 e. The monoisotopic (exact) mass is 651 g/mol. The normalized spacial score (nSPS) is 12.5. The fourth-order valence-corrected chi connectivity index (χ4v) is 5.10. The van der Waals surface area contributed by atoms with Crippen LogP contribution in [0.2, 0.25) is 0 Å². The molecule has 1 amide bonds. The van der Waals surface area contributed by atoms with Gasteiger partial charge in [0.1, 0.15) is 33.5 Å². The fraction of sp³-hybridized carbons (Fsp3) is 0.314. The minimum absolute atomic E-state index is 0.234. The summed E-state index contributed by atoms with van der Waals surface area (Å²) in [6, 6.07) is 25.1. The molecule has 0 aliphatic heterocycles. The second-order valence-corrected chi connectivity index (χ2v) is 14.0. The molecule has 1 heterocycles. The molecule has 3 aromatic carbocycles. The number of carbonyl (C=O) groups is 2. The summed E-state index contributed by atoms with van der Waals surface area (Å²) in [4.78, 5) is 25.1. The number of sulfone groups is 1. The van der Waals surface area contributed by atoms with Crippen molar-refractivity contribution in [2.75, 3.05) is 24.0 Å². The second kappa shape index (κ2) is 17.0. The third-order valence-corrected chi connectivity index (χ3v) is 8.57. The van der Waals surface area contributed by atoms with Crippen molar-refractivity contribution in [1.29, 1.82) is 0 Å². The van der Waals surface area contributed by atoms with E-state index in [0.29, 0.717) is 11.3 Å². The lowest BCUT2D eigenvalue weighted by atomic mass is 9.93. The van der Waals surface area contributed by atoms with Crippen molar-refractivity contribution in [3.05, 3.63) is 107 Å². The summed E-state index contributed by atoms with van der Waals surface area (Å²) >= 11 is 1.86. The Kier molecular flexibility index (Phi) is 13.5. The summed E-state index contributed by atoms with van der Waals surface area (Å²) in [5.74, 6) is 0.421. The average Bonchev–Trinajstić information content (AvgIpc) is 3.52. The summed E-state index contributed by atoms with van der Waals surface area (Å²) in [7, 11) is -3.40. The van der Waals surface area contributed by atoms with E-state index < -0.39 is 27.8 Å². The van der Waals surface area contributed by atoms with Crippen LogP contribution in [-0.2, 0) is 26.0 Å². The molecule has 8 nitrogen and oxygen atoms in total. The molecule has 240 valence electrons. The van der Waals surface area contributed by atoms with Gasteiger partial charge in [0.2, 0.25) is 0 Å². The summed E-state index contributed by atoms with van der Waals surface area (Å²) in [5.41, 5.74) is 4.43. The van der Waals surface area contributed by atoms with E-state index in [2.05, 4.69) is 18.5 Å². The van der Waals surface area contributed by atoms with Crippen LogP contribution in [0.5, 0.6) is 0 Å². The van der Waals surface area contributed by atoms with Crippen molar-refractivity contribution in [2.45, 2.75) is 45.9 Å². The number of carboxylic acid groups (broad SMARTS) is 1. The van der Waals surface area contributed by atoms with Gasteiger partial charge >= 0.3 is 5.97 Å². The quantitative estimate of drug-likeness (QED) is 0.156. The highest BCUT2D eigenvalue weighted by Crippen LogP contribution is 2.30. The van der Waals surface area contributed by atoms with Crippen LogP contribution in [0, 0.1) is 6.92 Å². The third-order valence-electron chi connectivity index (χ3n) is 7.02. The van der Waals surface area contributed by atoms with Crippen molar-refractivity contribution in [2.24, 2.45) is 0 Å². The Morgan fingerprint density at radius 3 is 2.27 bits per heavy atom. The molecule has 0 aliphatic rings. The number of carbonyl (C=O) groups excluding carboxylic acids is 1. The van der Waals surface area contributed by atoms with Crippen molar-refractivity contribution in [3.8, 4) is 22.5 Å². The Bertz CT molecular complexity index is 1660. The highest BCUT2D eigenvalue weighted by molar-refractivity contribution is 7.98. The number of nitrogens with one attached hydrogen (secondary N) is 1. The van der Waals surface area contributed by atoms with Gasteiger partial charge in [0.25, 0.3) is 5.91 Å². The first-order valence-electron chi connectivity index (χ1n) is 14.6. The molecule has 2 N–H and O–H groups in total. The Labute approximate surface area is 270 Å². The molecule has 4 aromatic rings. The van der Waals surface area contributed by atoms with E-state index in [1.165, 1.54) is 5.75 Å². The van der Waals surface area contributed by atoms with Gasteiger partial charge in [-0.2, -0.15) is 11.8 Å². The molecule has 0 saturated carbocycles. The Morgan fingerprint density at radius 2 is 1.64 bits per heavy atom. The Hall–Kier alpha value is -3.86. The second-order valence-electron chi connectivity index (χ2n) is 10.6. The largest absolute Gasteiger partial charge is 0.480 e. The summed E-state index contributed by atoms with van der Waals surface area (Å²) < 4.78 is 35.3. The molecule has 4 rings (SSSR count). The zero-order valence-corrected chi connectivity index (χ0v) is 27.9. The van der Waals surface area contributed by atoms with Crippen LogP contribution in [0.3, 0.4) is 0 Å². The SMILES string of the molecule is CCSC.Cc1ccccc1-c1cc(COC(C)c2ccc(-c3ccccc3)o2)ccc1C(=O)NC(CCS(C)(=O)=O)C(=O)O. The van der Waals surface area contributed by atoms with Crippen LogP contribution in [0.15, 0.2) is 89.3 Å². The molecule has 1 aromatic heterocycles. The first kappa shape index (κ1) is 35.6. The van der Waals surface area contributed by atoms with Gasteiger partial charge in [-0.05, 0) is 78.8 Å². The minimum atomic E-state index is -3.40. The topological polar surface area (TPSA) is 123 Å². The number of aryl methyl sites for hydroxylation is 1. The molecule has 0 radical (unpaired) electrons. The zero-order valence-electron chi connectivity index (χ0n) is 26.3. The van der Waals surface area contributed by atoms with Gasteiger partial charge in [0.05, 0.1) is 12.4 Å². The van der Waals surface area contributed by atoms with Gasteiger partial charge in [-0.1, -0.05) is 67.6 Å². The van der Waals surface area contributed by atoms with Gasteiger partial charge in [-0.3, -0.25) is 4.79 Å². The average molecular weight is 652 g/mol. The molecule has 0 bridgehead atoms. The number of hydrogen-bond donors (Lipinski definition) is 2. The number of hydrogen-bond acceptors (Lipinski definition) is 7. The van der Waals surface area contributed by atoms with Crippen LogP contribution < -0.4 is 5.32 Å². The maximum absolute atomic E-state index is 13.3. The van der Waals surface area contributed by atoms with E-state index in [9.17, 15) is 23.1 Å². The molecule has 2 atom stereocenters. The molecule has 10 heteroatoms. The Morgan fingerprint density at radius 1 is 0.978 bits per heavy atom. The molecule has 0 aliphatic carbocycles. The lowest BCUT2D eigenvalue weighted by Crippen LogP contribution is -2.42. The van der Waals surface area contributed by atoms with Crippen LogP contribution in [0.25, 0.3) is 22.5 Å². The lowest BCUT2D eigenvalue weighted by molar-refractivity contribution is -0.139. The Balaban J connectivity index is 0.00000130. The number of carboxylic acids is 1. The predicted octanol–water partition coefficient (Wildman–Crippen LogP) is 7.19. The number of rotatable bonds is 13. The fourth-order valence-electron chi connectivity index (χ4n) is 4.43. The van der Waals surface area contributed by atoms with E-state index in [-0.39, 0.29) is 30.4 Å². The molecule has 45 heavy (non-hydrogen) atoms. The maximum Gasteiger partial charge on any atom is 0.326 e. The van der Waals surface area contributed by atoms with E-state index in [1.807, 2.05) is 98.4 Å². The summed E-state index contributed by atoms with van der Waals surface area (Å²) in [5, 5.41) is 12.1. The van der Waals surface area contributed by atoms with E-state index in [0.717, 1.165) is 34.3 Å². The van der Waals surface area contributed by atoms with Crippen LogP contribution >= 0.6 is 11.8 Å². The molecule has 0 fully saturated rings. The smallest absolute Gasteiger partial charge is 0.326 e. The van der Waals surface area contributed by atoms with Crippen molar-refractivity contribution in [1.82, 2.24) is 5.32 Å². The summed E-state index contributed by atoms with van der Waals surface area (Å²) in [6.07, 6.45) is 2.56. The number of aliphatic carboxylic acids is 1. The standard InChI is InChI=1S/C32H33NO7S.C3H8S/c1-21-9-7-8-12-25(21)27-19-23(13-14-26(27)31(34)33-28(32(35)36)17-18-41(3,37)38)20-39-22(2)29-15-16-30(40-29)24-10-5-4-6-11-24;1-3-4-2/h4-16,19,22,28H,17-18,20H2,1-3H3,(H,33,34)(H,35,36);3H2,1-2H3. The van der Waals surface area contributed by atoms with Gasteiger partial charge in [-0.25, -0.2) is 13.2 Å².